The van der Waals surface area contributed by atoms with Gasteiger partial charge in [0.25, 0.3) is 0 Å². The average Bonchev–Trinajstić information content (AvgIpc) is 2.91. The third kappa shape index (κ3) is 2.54. The monoisotopic (exact) mass is 347 g/mol. The third-order valence-corrected chi connectivity index (χ3v) is 8.81. The van der Waals surface area contributed by atoms with Gasteiger partial charge in [-0.25, -0.2) is 0 Å². The van der Waals surface area contributed by atoms with Crippen molar-refractivity contribution in [3.05, 3.63) is 0 Å². The van der Waals surface area contributed by atoms with Gasteiger partial charge in [-0.2, -0.15) is 0 Å². The van der Waals surface area contributed by atoms with E-state index in [0.29, 0.717) is 17.3 Å². The molecule has 1 N–H and O–H groups in total. The molecule has 0 aromatic rings. The van der Waals surface area contributed by atoms with Gasteiger partial charge >= 0.3 is 5.97 Å². The van der Waals surface area contributed by atoms with Crippen molar-refractivity contribution in [3.8, 4) is 0 Å². The highest BCUT2D eigenvalue weighted by atomic mass is 16.5. The van der Waals surface area contributed by atoms with Gasteiger partial charge in [0.2, 0.25) is 0 Å². The minimum atomic E-state index is -0.127. The van der Waals surface area contributed by atoms with E-state index in [0.717, 1.165) is 36.8 Å². The van der Waals surface area contributed by atoms with Crippen LogP contribution < -0.4 is 0 Å². The fourth-order valence-electron chi connectivity index (χ4n) is 7.51. The third-order valence-electron chi connectivity index (χ3n) is 8.81. The SMILES string of the molecule is CC(=O)O[C@H]1CC[C@@]2(C)[C@@H](CC[C@@H]3[C@H]4CCC(=NO)[C@@]4(C)CC[C@@H]32)C1. The van der Waals surface area contributed by atoms with Crippen LogP contribution in [0.1, 0.15) is 78.6 Å². The molecule has 7 atom stereocenters. The fourth-order valence-corrected chi connectivity index (χ4v) is 7.51. The Balaban J connectivity index is 1.55. The van der Waals surface area contributed by atoms with Crippen molar-refractivity contribution in [3.63, 3.8) is 0 Å². The lowest BCUT2D eigenvalue weighted by Crippen LogP contribution is -2.54. The Morgan fingerprint density at radius 3 is 2.64 bits per heavy atom. The molecule has 25 heavy (non-hydrogen) atoms. The van der Waals surface area contributed by atoms with Gasteiger partial charge in [0.15, 0.2) is 0 Å². The van der Waals surface area contributed by atoms with Crippen molar-refractivity contribution in [2.75, 3.05) is 0 Å². The van der Waals surface area contributed by atoms with Crippen LogP contribution in [0, 0.1) is 34.5 Å². The lowest BCUT2D eigenvalue weighted by Gasteiger charge is -2.60. The first kappa shape index (κ1) is 17.4. The Labute approximate surface area is 151 Å². The van der Waals surface area contributed by atoms with Crippen LogP contribution in [0.15, 0.2) is 5.16 Å². The van der Waals surface area contributed by atoms with Crippen LogP contribution in [0.3, 0.4) is 0 Å². The highest BCUT2D eigenvalue weighted by Gasteiger charge is 2.59. The molecule has 4 aliphatic rings. The van der Waals surface area contributed by atoms with Crippen molar-refractivity contribution >= 4 is 11.7 Å². The molecule has 0 aromatic carbocycles. The van der Waals surface area contributed by atoms with Crippen LogP contribution in [0.5, 0.6) is 0 Å². The van der Waals surface area contributed by atoms with Gasteiger partial charge in [-0.3, -0.25) is 4.79 Å². The zero-order valence-corrected chi connectivity index (χ0v) is 16.0. The van der Waals surface area contributed by atoms with Crippen molar-refractivity contribution in [2.45, 2.75) is 84.7 Å². The minimum Gasteiger partial charge on any atom is -0.463 e. The molecular weight excluding hydrogens is 314 g/mol. The second-order valence-corrected chi connectivity index (χ2v) is 9.70. The zero-order chi connectivity index (χ0) is 17.8. The summed E-state index contributed by atoms with van der Waals surface area (Å²) in [5.74, 6) is 2.84. The molecule has 140 valence electrons. The zero-order valence-electron chi connectivity index (χ0n) is 16.0. The Bertz CT molecular complexity index is 588. The number of oxime groups is 1. The molecule has 0 saturated heterocycles. The second kappa shape index (κ2) is 5.99. The van der Waals surface area contributed by atoms with E-state index in [4.69, 9.17) is 4.74 Å². The van der Waals surface area contributed by atoms with Gasteiger partial charge in [-0.1, -0.05) is 19.0 Å². The molecule has 0 heterocycles. The summed E-state index contributed by atoms with van der Waals surface area (Å²) in [6.45, 7) is 6.41. The summed E-state index contributed by atoms with van der Waals surface area (Å²) >= 11 is 0. The van der Waals surface area contributed by atoms with E-state index in [-0.39, 0.29) is 17.5 Å². The Morgan fingerprint density at radius 1 is 1.12 bits per heavy atom. The summed E-state index contributed by atoms with van der Waals surface area (Å²) in [4.78, 5) is 11.3. The van der Waals surface area contributed by atoms with Gasteiger partial charge in [-0.15, -0.1) is 0 Å². The van der Waals surface area contributed by atoms with Crippen LogP contribution >= 0.6 is 0 Å². The predicted molar refractivity (Wildman–Crippen MR) is 96.5 cm³/mol. The number of hydrogen-bond donors (Lipinski definition) is 1. The highest BCUT2D eigenvalue weighted by Crippen LogP contribution is 2.65. The van der Waals surface area contributed by atoms with E-state index in [9.17, 15) is 10.0 Å². The number of esters is 1. The van der Waals surface area contributed by atoms with Crippen molar-refractivity contribution in [2.24, 2.45) is 39.7 Å². The fraction of sp³-hybridized carbons (Fsp3) is 0.905. The van der Waals surface area contributed by atoms with E-state index >= 15 is 0 Å². The Kier molecular flexibility index (Phi) is 4.16. The number of rotatable bonds is 1. The maximum atomic E-state index is 11.3. The number of nitrogens with zero attached hydrogens (tertiary/aromatic N) is 1. The van der Waals surface area contributed by atoms with E-state index in [1.54, 1.807) is 0 Å². The number of hydrogen-bond acceptors (Lipinski definition) is 4. The highest BCUT2D eigenvalue weighted by molar-refractivity contribution is 5.91. The summed E-state index contributed by atoms with van der Waals surface area (Å²) in [6, 6.07) is 0. The topological polar surface area (TPSA) is 58.9 Å². The molecular formula is C21H33NO3. The molecule has 0 aromatic heterocycles. The lowest BCUT2D eigenvalue weighted by atomic mass is 9.45. The molecule has 0 amide bonds. The van der Waals surface area contributed by atoms with E-state index in [1.165, 1.54) is 45.4 Å². The summed E-state index contributed by atoms with van der Waals surface area (Å²) in [7, 11) is 0. The number of carbonyl (C=O) groups excluding carboxylic acids is 1. The molecule has 4 fully saturated rings. The van der Waals surface area contributed by atoms with Gasteiger partial charge in [0.1, 0.15) is 6.10 Å². The number of ether oxygens (including phenoxy) is 1. The predicted octanol–water partition coefficient (Wildman–Crippen LogP) is 4.79. The molecule has 4 nitrogen and oxygen atoms in total. The molecule has 0 bridgehead atoms. The van der Waals surface area contributed by atoms with Crippen LogP contribution in [0.2, 0.25) is 0 Å². The first-order valence-corrected chi connectivity index (χ1v) is 10.3. The number of fused-ring (bicyclic) bond motifs is 5. The standard InChI is InChI=1S/C21H33NO3/c1-13(23)25-15-8-10-20(2)14(12-15)4-5-16-17-6-7-19(22-24)21(17,3)11-9-18(16)20/h14-18,24H,4-12H2,1-3H3/t14-,15-,16+,17+,18-,20-,21-/m0/s1. The van der Waals surface area contributed by atoms with Gasteiger partial charge in [0, 0.05) is 12.3 Å². The molecule has 4 saturated carbocycles. The van der Waals surface area contributed by atoms with Crippen LogP contribution in [-0.2, 0) is 9.53 Å². The van der Waals surface area contributed by atoms with Crippen LogP contribution in [0.4, 0.5) is 0 Å². The maximum absolute atomic E-state index is 11.3. The largest absolute Gasteiger partial charge is 0.463 e. The van der Waals surface area contributed by atoms with Crippen molar-refractivity contribution in [1.29, 1.82) is 0 Å². The normalized spacial score (nSPS) is 50.7. The van der Waals surface area contributed by atoms with Crippen LogP contribution in [0.25, 0.3) is 0 Å². The molecule has 0 radical (unpaired) electrons. The van der Waals surface area contributed by atoms with E-state index in [1.807, 2.05) is 0 Å². The molecule has 4 aliphatic carbocycles. The maximum Gasteiger partial charge on any atom is 0.302 e. The van der Waals surface area contributed by atoms with Gasteiger partial charge in [0.05, 0.1) is 5.71 Å². The molecule has 0 aliphatic heterocycles. The van der Waals surface area contributed by atoms with E-state index in [2.05, 4.69) is 19.0 Å². The number of carbonyl (C=O) groups is 1. The molecule has 0 unspecified atom stereocenters. The quantitative estimate of drug-likeness (QED) is 0.421. The van der Waals surface area contributed by atoms with Crippen LogP contribution in [-0.4, -0.2) is 23.0 Å². The first-order chi connectivity index (χ1) is 11.9. The summed E-state index contributed by atoms with van der Waals surface area (Å²) in [6.07, 6.45) is 10.6. The second-order valence-electron chi connectivity index (χ2n) is 9.70. The summed E-state index contributed by atoms with van der Waals surface area (Å²) in [5, 5.41) is 13.1. The van der Waals surface area contributed by atoms with Crippen molar-refractivity contribution in [1.82, 2.24) is 0 Å². The Morgan fingerprint density at radius 2 is 1.92 bits per heavy atom. The lowest BCUT2D eigenvalue weighted by molar-refractivity contribution is -0.158. The van der Waals surface area contributed by atoms with Crippen molar-refractivity contribution < 1.29 is 14.7 Å². The summed E-state index contributed by atoms with van der Waals surface area (Å²) in [5.41, 5.74) is 1.59. The molecule has 0 spiro atoms. The summed E-state index contributed by atoms with van der Waals surface area (Å²) < 4.78 is 5.55. The van der Waals surface area contributed by atoms with E-state index < -0.39 is 0 Å². The molecule has 4 rings (SSSR count). The van der Waals surface area contributed by atoms with Gasteiger partial charge in [-0.05, 0) is 86.9 Å². The Hall–Kier alpha value is -1.06. The first-order valence-electron chi connectivity index (χ1n) is 10.3. The average molecular weight is 347 g/mol. The van der Waals surface area contributed by atoms with Gasteiger partial charge < -0.3 is 9.94 Å². The smallest absolute Gasteiger partial charge is 0.302 e. The minimum absolute atomic E-state index is 0.127. The molecule has 4 heteroatoms.